The fourth-order valence-electron chi connectivity index (χ4n) is 1.62. The Labute approximate surface area is 107 Å². The molecule has 0 saturated heterocycles. The normalized spacial score (nSPS) is 11.7. The molecule has 0 aliphatic rings. The average molecular weight is 249 g/mol. The Kier molecular flexibility index (Phi) is 5.36. The largest absolute Gasteiger partial charge is 0.494 e. The minimum Gasteiger partial charge on any atom is -0.494 e. The monoisotopic (exact) mass is 249 g/mol. The van der Waals surface area contributed by atoms with Gasteiger partial charge in [-0.15, -0.1) is 0 Å². The summed E-state index contributed by atoms with van der Waals surface area (Å²) in [4.78, 5) is 10.6. The summed E-state index contributed by atoms with van der Waals surface area (Å²) >= 11 is 0. The fraction of sp³-hybridized carbons (Fsp3) is 0.429. The first-order chi connectivity index (χ1) is 8.52. The van der Waals surface area contributed by atoms with Crippen LogP contribution in [0, 0.1) is 16.0 Å². The summed E-state index contributed by atoms with van der Waals surface area (Å²) in [6.45, 7) is 6.47. The van der Waals surface area contributed by atoms with Crippen LogP contribution >= 0.6 is 0 Å². The SMILES string of the molecule is CCOc1ccc(C=C(CC(C)C)[N+](=O)[O-])cc1. The van der Waals surface area contributed by atoms with Crippen molar-refractivity contribution in [2.75, 3.05) is 6.61 Å². The molecular formula is C14H19NO3. The highest BCUT2D eigenvalue weighted by Crippen LogP contribution is 2.18. The van der Waals surface area contributed by atoms with Gasteiger partial charge < -0.3 is 4.74 Å². The van der Waals surface area contributed by atoms with E-state index in [1.165, 1.54) is 0 Å². The summed E-state index contributed by atoms with van der Waals surface area (Å²) in [5, 5.41) is 10.9. The summed E-state index contributed by atoms with van der Waals surface area (Å²) in [5.41, 5.74) is 1.07. The van der Waals surface area contributed by atoms with Crippen LogP contribution in [-0.4, -0.2) is 11.5 Å². The summed E-state index contributed by atoms with van der Waals surface area (Å²) in [5.74, 6) is 1.05. The Hall–Kier alpha value is -1.84. The van der Waals surface area contributed by atoms with E-state index in [4.69, 9.17) is 4.74 Å². The van der Waals surface area contributed by atoms with E-state index in [9.17, 15) is 10.1 Å². The fourth-order valence-corrected chi connectivity index (χ4v) is 1.62. The highest BCUT2D eigenvalue weighted by atomic mass is 16.6. The van der Waals surface area contributed by atoms with E-state index in [2.05, 4.69) is 0 Å². The first-order valence-electron chi connectivity index (χ1n) is 6.10. The van der Waals surface area contributed by atoms with E-state index in [1.54, 1.807) is 6.08 Å². The standard InChI is InChI=1S/C14H19NO3/c1-4-18-14-7-5-12(6-8-14)10-13(15(16)17)9-11(2)3/h5-8,10-11H,4,9H2,1-3H3. The molecule has 0 bridgehead atoms. The van der Waals surface area contributed by atoms with Gasteiger partial charge in [0.2, 0.25) is 5.70 Å². The maximum atomic E-state index is 10.9. The smallest absolute Gasteiger partial charge is 0.247 e. The molecule has 4 nitrogen and oxygen atoms in total. The van der Waals surface area contributed by atoms with Gasteiger partial charge in [-0.1, -0.05) is 26.0 Å². The molecular weight excluding hydrogens is 230 g/mol. The molecule has 0 unspecified atom stereocenters. The molecule has 1 rings (SSSR count). The molecule has 0 saturated carbocycles. The van der Waals surface area contributed by atoms with Gasteiger partial charge in [0, 0.05) is 12.5 Å². The second kappa shape index (κ2) is 6.79. The predicted molar refractivity (Wildman–Crippen MR) is 72.0 cm³/mol. The highest BCUT2D eigenvalue weighted by Gasteiger charge is 2.12. The van der Waals surface area contributed by atoms with Gasteiger partial charge in [0.25, 0.3) is 0 Å². The third-order valence-corrected chi connectivity index (χ3v) is 2.38. The molecule has 0 spiro atoms. The van der Waals surface area contributed by atoms with Gasteiger partial charge >= 0.3 is 0 Å². The van der Waals surface area contributed by atoms with Gasteiger partial charge in [-0.3, -0.25) is 10.1 Å². The lowest BCUT2D eigenvalue weighted by Crippen LogP contribution is -2.02. The zero-order valence-electron chi connectivity index (χ0n) is 11.1. The second-order valence-corrected chi connectivity index (χ2v) is 4.49. The minimum atomic E-state index is -0.309. The van der Waals surface area contributed by atoms with Crippen molar-refractivity contribution in [3.63, 3.8) is 0 Å². The lowest BCUT2D eigenvalue weighted by Gasteiger charge is -2.04. The zero-order chi connectivity index (χ0) is 13.5. The van der Waals surface area contributed by atoms with E-state index in [-0.39, 0.29) is 16.5 Å². The predicted octanol–water partition coefficient (Wildman–Crippen LogP) is 3.75. The Morgan fingerprint density at radius 3 is 2.44 bits per heavy atom. The molecule has 0 heterocycles. The molecule has 1 aromatic carbocycles. The number of allylic oxidation sites excluding steroid dienone is 1. The van der Waals surface area contributed by atoms with Crippen molar-refractivity contribution in [3.05, 3.63) is 45.6 Å². The van der Waals surface area contributed by atoms with Crippen LogP contribution in [0.15, 0.2) is 30.0 Å². The third kappa shape index (κ3) is 4.57. The van der Waals surface area contributed by atoms with E-state index in [0.717, 1.165) is 11.3 Å². The number of nitro groups is 1. The van der Waals surface area contributed by atoms with Crippen LogP contribution in [0.25, 0.3) is 6.08 Å². The van der Waals surface area contributed by atoms with Crippen LogP contribution < -0.4 is 4.74 Å². The molecule has 4 heteroatoms. The number of hydrogen-bond acceptors (Lipinski definition) is 3. The van der Waals surface area contributed by atoms with Crippen molar-refractivity contribution in [2.24, 2.45) is 5.92 Å². The van der Waals surface area contributed by atoms with Crippen LogP contribution in [0.5, 0.6) is 5.75 Å². The van der Waals surface area contributed by atoms with Crippen molar-refractivity contribution in [1.29, 1.82) is 0 Å². The van der Waals surface area contributed by atoms with Gasteiger partial charge in [0.1, 0.15) is 5.75 Å². The van der Waals surface area contributed by atoms with Crippen molar-refractivity contribution in [2.45, 2.75) is 27.2 Å². The molecule has 1 aromatic rings. The van der Waals surface area contributed by atoms with Crippen LogP contribution in [0.3, 0.4) is 0 Å². The lowest BCUT2D eigenvalue weighted by atomic mass is 10.1. The van der Waals surface area contributed by atoms with E-state index < -0.39 is 0 Å². The summed E-state index contributed by atoms with van der Waals surface area (Å²) < 4.78 is 5.32. The maximum Gasteiger partial charge on any atom is 0.247 e. The van der Waals surface area contributed by atoms with Crippen molar-refractivity contribution >= 4 is 6.08 Å². The number of rotatable bonds is 6. The van der Waals surface area contributed by atoms with Crippen molar-refractivity contribution in [3.8, 4) is 5.75 Å². The molecule has 0 aliphatic carbocycles. The first-order valence-corrected chi connectivity index (χ1v) is 6.10. The molecule has 0 aliphatic heterocycles. The number of nitrogens with zero attached hydrogens (tertiary/aromatic N) is 1. The average Bonchev–Trinajstić information content (AvgIpc) is 2.30. The van der Waals surface area contributed by atoms with Gasteiger partial charge in [-0.25, -0.2) is 0 Å². The summed E-state index contributed by atoms with van der Waals surface area (Å²) in [6, 6.07) is 7.30. The van der Waals surface area contributed by atoms with E-state index in [0.29, 0.717) is 13.0 Å². The summed E-state index contributed by atoms with van der Waals surface area (Å²) in [7, 11) is 0. The summed E-state index contributed by atoms with van der Waals surface area (Å²) in [6.07, 6.45) is 2.09. The van der Waals surface area contributed by atoms with Gasteiger partial charge in [0.05, 0.1) is 11.5 Å². The van der Waals surface area contributed by atoms with Crippen molar-refractivity contribution < 1.29 is 9.66 Å². The number of benzene rings is 1. The molecule has 0 fully saturated rings. The molecule has 0 amide bonds. The van der Waals surface area contributed by atoms with Gasteiger partial charge in [0.15, 0.2) is 0 Å². The maximum absolute atomic E-state index is 10.9. The van der Waals surface area contributed by atoms with Crippen molar-refractivity contribution in [1.82, 2.24) is 0 Å². The Morgan fingerprint density at radius 1 is 1.39 bits per heavy atom. The van der Waals surface area contributed by atoms with Gasteiger partial charge in [-0.05, 0) is 30.5 Å². The first kappa shape index (κ1) is 14.2. The Morgan fingerprint density at radius 2 is 2.00 bits per heavy atom. The van der Waals surface area contributed by atoms with Crippen LogP contribution in [-0.2, 0) is 0 Å². The van der Waals surface area contributed by atoms with Crippen LogP contribution in [0.4, 0.5) is 0 Å². The van der Waals surface area contributed by atoms with E-state index >= 15 is 0 Å². The Balaban J connectivity index is 2.87. The number of hydrogen-bond donors (Lipinski definition) is 0. The van der Waals surface area contributed by atoms with Crippen LogP contribution in [0.1, 0.15) is 32.8 Å². The highest BCUT2D eigenvalue weighted by molar-refractivity contribution is 5.52. The molecule has 18 heavy (non-hydrogen) atoms. The zero-order valence-corrected chi connectivity index (χ0v) is 11.1. The second-order valence-electron chi connectivity index (χ2n) is 4.49. The molecule has 0 N–H and O–H groups in total. The molecule has 0 atom stereocenters. The number of ether oxygens (including phenoxy) is 1. The third-order valence-electron chi connectivity index (χ3n) is 2.38. The van der Waals surface area contributed by atoms with Gasteiger partial charge in [-0.2, -0.15) is 0 Å². The lowest BCUT2D eigenvalue weighted by molar-refractivity contribution is -0.427. The quantitative estimate of drug-likeness (QED) is 0.570. The molecule has 0 radical (unpaired) electrons. The molecule has 0 aromatic heterocycles. The minimum absolute atomic E-state index is 0.245. The Bertz CT molecular complexity index is 421. The van der Waals surface area contributed by atoms with E-state index in [1.807, 2.05) is 45.0 Å². The van der Waals surface area contributed by atoms with Crippen LogP contribution in [0.2, 0.25) is 0 Å². The molecule has 98 valence electrons. The topological polar surface area (TPSA) is 52.4 Å².